The largest absolute Gasteiger partial charge is 0.348 e. The highest BCUT2D eigenvalue weighted by Gasteiger charge is 2.21. The summed E-state index contributed by atoms with van der Waals surface area (Å²) in [6.07, 6.45) is 2.41. The lowest BCUT2D eigenvalue weighted by molar-refractivity contribution is -0.117. The lowest BCUT2D eigenvalue weighted by Crippen LogP contribution is -2.25. The average Bonchev–Trinajstić information content (AvgIpc) is 3.06. The number of anilines is 2. The van der Waals surface area contributed by atoms with Crippen LogP contribution < -0.4 is 14.9 Å². The van der Waals surface area contributed by atoms with Gasteiger partial charge in [-0.05, 0) is 42.3 Å². The number of carbonyl (C=O) groups is 2. The van der Waals surface area contributed by atoms with Crippen LogP contribution in [0.2, 0.25) is 5.02 Å². The third-order valence-electron chi connectivity index (χ3n) is 4.27. The van der Waals surface area contributed by atoms with Crippen molar-refractivity contribution in [3.8, 4) is 0 Å². The van der Waals surface area contributed by atoms with Crippen molar-refractivity contribution in [1.29, 1.82) is 0 Å². The second-order valence-corrected chi connectivity index (χ2v) is 8.73. The van der Waals surface area contributed by atoms with Gasteiger partial charge in [-0.3, -0.25) is 14.3 Å². The first-order valence-electron chi connectivity index (χ1n) is 8.68. The Kier molecular flexibility index (Phi) is 5.90. The molecule has 1 aliphatic rings. The highest BCUT2D eigenvalue weighted by Crippen LogP contribution is 2.24. The summed E-state index contributed by atoms with van der Waals surface area (Å²) < 4.78 is 25.1. The van der Waals surface area contributed by atoms with E-state index in [2.05, 4.69) is 10.0 Å². The molecule has 2 N–H and O–H groups in total. The zero-order valence-electron chi connectivity index (χ0n) is 15.2. The highest BCUT2D eigenvalue weighted by atomic mass is 35.5. The van der Waals surface area contributed by atoms with Gasteiger partial charge in [0.25, 0.3) is 5.91 Å². The van der Waals surface area contributed by atoms with E-state index in [4.69, 9.17) is 11.6 Å². The summed E-state index contributed by atoms with van der Waals surface area (Å²) in [4.78, 5) is 26.1. The van der Waals surface area contributed by atoms with Gasteiger partial charge in [-0.25, -0.2) is 8.42 Å². The number of nitrogens with one attached hydrogen (secondary N) is 2. The first-order chi connectivity index (χ1) is 13.2. The topological polar surface area (TPSA) is 95.6 Å². The molecule has 28 heavy (non-hydrogen) atoms. The van der Waals surface area contributed by atoms with E-state index in [1.54, 1.807) is 4.90 Å². The Balaban J connectivity index is 1.69. The fraction of sp³-hybridized carbons (Fsp3) is 0.263. The van der Waals surface area contributed by atoms with Crippen LogP contribution in [-0.2, 0) is 21.4 Å². The molecule has 0 aromatic heterocycles. The zero-order valence-corrected chi connectivity index (χ0v) is 16.8. The first-order valence-corrected chi connectivity index (χ1v) is 10.9. The molecule has 0 atom stereocenters. The molecule has 0 radical (unpaired) electrons. The summed E-state index contributed by atoms with van der Waals surface area (Å²) in [7, 11) is -3.51. The molecule has 0 unspecified atom stereocenters. The van der Waals surface area contributed by atoms with E-state index in [-0.39, 0.29) is 34.6 Å². The van der Waals surface area contributed by atoms with Crippen LogP contribution in [0, 0.1) is 0 Å². The predicted molar refractivity (Wildman–Crippen MR) is 109 cm³/mol. The van der Waals surface area contributed by atoms with Crippen LogP contribution >= 0.6 is 11.6 Å². The Bertz CT molecular complexity index is 1020. The molecule has 1 heterocycles. The highest BCUT2D eigenvalue weighted by molar-refractivity contribution is 7.92. The molecule has 0 spiro atoms. The number of benzene rings is 2. The Hall–Kier alpha value is -2.58. The standard InChI is InChI=1S/C19H20ClN3O4S/c1-28(26,27)22-17-11-14(7-8-16(17)20)19(25)21-12-13-4-2-5-15(10-13)23-9-3-6-18(23)24/h2,4-5,7-8,10-11,22H,3,6,9,12H2,1H3,(H,21,25). The minimum Gasteiger partial charge on any atom is -0.348 e. The van der Waals surface area contributed by atoms with Crippen molar-refractivity contribution in [2.45, 2.75) is 19.4 Å². The quantitative estimate of drug-likeness (QED) is 0.749. The van der Waals surface area contributed by atoms with Crippen LogP contribution in [0.15, 0.2) is 42.5 Å². The predicted octanol–water partition coefficient (Wildman–Crippen LogP) is 2.77. The van der Waals surface area contributed by atoms with Crippen molar-refractivity contribution in [3.63, 3.8) is 0 Å². The lowest BCUT2D eigenvalue weighted by atomic mass is 10.1. The van der Waals surface area contributed by atoms with Gasteiger partial charge in [-0.1, -0.05) is 23.7 Å². The summed E-state index contributed by atoms with van der Waals surface area (Å²) >= 11 is 5.98. The third kappa shape index (κ3) is 5.02. The Morgan fingerprint density at radius 1 is 1.21 bits per heavy atom. The fourth-order valence-electron chi connectivity index (χ4n) is 2.98. The van der Waals surface area contributed by atoms with Crippen molar-refractivity contribution in [2.75, 3.05) is 22.4 Å². The van der Waals surface area contributed by atoms with Gasteiger partial charge < -0.3 is 10.2 Å². The SMILES string of the molecule is CS(=O)(=O)Nc1cc(C(=O)NCc2cccc(N3CCCC3=O)c2)ccc1Cl. The molecule has 0 saturated carbocycles. The van der Waals surface area contributed by atoms with E-state index in [9.17, 15) is 18.0 Å². The first kappa shape index (κ1) is 20.2. The Labute approximate surface area is 168 Å². The number of carbonyl (C=O) groups excluding carboxylic acids is 2. The normalized spacial score (nSPS) is 14.2. The Morgan fingerprint density at radius 3 is 2.68 bits per heavy atom. The molecule has 2 aromatic rings. The number of hydrogen-bond donors (Lipinski definition) is 2. The van der Waals surface area contributed by atoms with Gasteiger partial charge in [0.1, 0.15) is 0 Å². The number of nitrogens with zero attached hydrogens (tertiary/aromatic N) is 1. The lowest BCUT2D eigenvalue weighted by Gasteiger charge is -2.16. The molecule has 0 aliphatic carbocycles. The van der Waals surface area contributed by atoms with Crippen LogP contribution in [0.3, 0.4) is 0 Å². The van der Waals surface area contributed by atoms with Gasteiger partial charge >= 0.3 is 0 Å². The van der Waals surface area contributed by atoms with E-state index in [1.165, 1.54) is 18.2 Å². The average molecular weight is 422 g/mol. The van der Waals surface area contributed by atoms with Gasteiger partial charge in [0, 0.05) is 30.8 Å². The minimum absolute atomic E-state index is 0.105. The molecule has 0 bridgehead atoms. The second-order valence-electron chi connectivity index (χ2n) is 6.57. The molecule has 2 aromatic carbocycles. The second kappa shape index (κ2) is 8.20. The van der Waals surface area contributed by atoms with Gasteiger partial charge in [0.05, 0.1) is 17.0 Å². The summed E-state index contributed by atoms with van der Waals surface area (Å²) in [6.45, 7) is 0.974. The molecule has 1 saturated heterocycles. The number of rotatable bonds is 6. The van der Waals surface area contributed by atoms with Crippen LogP contribution in [0.25, 0.3) is 0 Å². The summed E-state index contributed by atoms with van der Waals surface area (Å²) in [5.41, 5.74) is 2.10. The molecule has 1 aliphatic heterocycles. The van der Waals surface area contributed by atoms with E-state index < -0.39 is 10.0 Å². The molecule has 3 rings (SSSR count). The van der Waals surface area contributed by atoms with Crippen LogP contribution in [-0.4, -0.2) is 33.0 Å². The Morgan fingerprint density at radius 2 is 2.00 bits per heavy atom. The maximum atomic E-state index is 12.4. The van der Waals surface area contributed by atoms with Gasteiger partial charge in [0.2, 0.25) is 15.9 Å². The van der Waals surface area contributed by atoms with Gasteiger partial charge in [0.15, 0.2) is 0 Å². The van der Waals surface area contributed by atoms with E-state index in [1.807, 2.05) is 24.3 Å². The van der Waals surface area contributed by atoms with E-state index in [0.29, 0.717) is 13.0 Å². The van der Waals surface area contributed by atoms with Crippen LogP contribution in [0.4, 0.5) is 11.4 Å². The third-order valence-corrected chi connectivity index (χ3v) is 5.19. The maximum Gasteiger partial charge on any atom is 0.251 e. The summed E-state index contributed by atoms with van der Waals surface area (Å²) in [5.74, 6) is -0.260. The van der Waals surface area contributed by atoms with Gasteiger partial charge in [-0.2, -0.15) is 0 Å². The van der Waals surface area contributed by atoms with Crippen molar-refractivity contribution < 1.29 is 18.0 Å². The van der Waals surface area contributed by atoms with E-state index in [0.717, 1.165) is 23.9 Å². The number of sulfonamides is 1. The molecular weight excluding hydrogens is 402 g/mol. The molecule has 9 heteroatoms. The molecule has 148 valence electrons. The van der Waals surface area contributed by atoms with Crippen molar-refractivity contribution in [3.05, 3.63) is 58.6 Å². The number of amides is 2. The van der Waals surface area contributed by atoms with Crippen molar-refractivity contribution >= 4 is 44.8 Å². The van der Waals surface area contributed by atoms with Crippen molar-refractivity contribution in [2.24, 2.45) is 0 Å². The molecule has 1 fully saturated rings. The van der Waals surface area contributed by atoms with Gasteiger partial charge in [-0.15, -0.1) is 0 Å². The molecule has 7 nitrogen and oxygen atoms in total. The van der Waals surface area contributed by atoms with E-state index >= 15 is 0 Å². The summed E-state index contributed by atoms with van der Waals surface area (Å²) in [5, 5.41) is 2.99. The molecule has 2 amide bonds. The zero-order chi connectivity index (χ0) is 20.3. The smallest absolute Gasteiger partial charge is 0.251 e. The van der Waals surface area contributed by atoms with Crippen LogP contribution in [0.1, 0.15) is 28.8 Å². The maximum absolute atomic E-state index is 12.4. The number of hydrogen-bond acceptors (Lipinski definition) is 4. The molecular formula is C19H20ClN3O4S. The fourth-order valence-corrected chi connectivity index (χ4v) is 3.77. The summed E-state index contributed by atoms with van der Waals surface area (Å²) in [6, 6.07) is 11.8. The minimum atomic E-state index is -3.51. The number of halogens is 1. The van der Waals surface area contributed by atoms with Crippen LogP contribution in [0.5, 0.6) is 0 Å². The monoisotopic (exact) mass is 421 g/mol. The van der Waals surface area contributed by atoms with Crippen molar-refractivity contribution in [1.82, 2.24) is 5.32 Å².